The van der Waals surface area contributed by atoms with Gasteiger partial charge in [0.1, 0.15) is 11.6 Å². The lowest BCUT2D eigenvalue weighted by molar-refractivity contribution is -0.114. The average Bonchev–Trinajstić information content (AvgIpc) is 2.69. The molecule has 0 unspecified atom stereocenters. The van der Waals surface area contributed by atoms with Crippen molar-refractivity contribution in [2.45, 2.75) is 6.92 Å². The predicted molar refractivity (Wildman–Crippen MR) is 102 cm³/mol. The van der Waals surface area contributed by atoms with Crippen LogP contribution in [0.5, 0.6) is 5.75 Å². The Kier molecular flexibility index (Phi) is 5.60. The van der Waals surface area contributed by atoms with Gasteiger partial charge in [0.05, 0.1) is 5.56 Å². The fourth-order valence-electron chi connectivity index (χ4n) is 2.50. The SMILES string of the molecule is CC(=O)Nc1ccc(C(=O)Oc2ccc(C(=O)c3ccc(F)cc3)cc2)cc1. The van der Waals surface area contributed by atoms with E-state index in [1.54, 1.807) is 24.3 Å². The van der Waals surface area contributed by atoms with Gasteiger partial charge in [0, 0.05) is 23.7 Å². The van der Waals surface area contributed by atoms with Gasteiger partial charge in [0.15, 0.2) is 5.78 Å². The van der Waals surface area contributed by atoms with E-state index in [-0.39, 0.29) is 17.4 Å². The molecule has 0 aliphatic rings. The quantitative estimate of drug-likeness (QED) is 0.410. The molecule has 0 fully saturated rings. The van der Waals surface area contributed by atoms with Gasteiger partial charge in [-0.2, -0.15) is 0 Å². The summed E-state index contributed by atoms with van der Waals surface area (Å²) in [5, 5.41) is 2.61. The molecule has 3 rings (SSSR count). The van der Waals surface area contributed by atoms with Gasteiger partial charge in [-0.05, 0) is 72.8 Å². The zero-order valence-electron chi connectivity index (χ0n) is 14.9. The van der Waals surface area contributed by atoms with Crippen LogP contribution in [0.2, 0.25) is 0 Å². The summed E-state index contributed by atoms with van der Waals surface area (Å²) in [6, 6.07) is 17.7. The lowest BCUT2D eigenvalue weighted by Gasteiger charge is -2.07. The summed E-state index contributed by atoms with van der Waals surface area (Å²) in [4.78, 5) is 35.6. The number of rotatable bonds is 5. The van der Waals surface area contributed by atoms with Crippen LogP contribution in [-0.2, 0) is 4.79 Å². The number of esters is 1. The van der Waals surface area contributed by atoms with Crippen LogP contribution < -0.4 is 10.1 Å². The van der Waals surface area contributed by atoms with Crippen molar-refractivity contribution < 1.29 is 23.5 Å². The smallest absolute Gasteiger partial charge is 0.343 e. The summed E-state index contributed by atoms with van der Waals surface area (Å²) < 4.78 is 18.3. The highest BCUT2D eigenvalue weighted by atomic mass is 19.1. The van der Waals surface area contributed by atoms with Crippen LogP contribution >= 0.6 is 0 Å². The minimum atomic E-state index is -0.563. The highest BCUT2D eigenvalue weighted by Gasteiger charge is 2.12. The van der Waals surface area contributed by atoms with Gasteiger partial charge in [-0.1, -0.05) is 0 Å². The Morgan fingerprint density at radius 2 is 1.25 bits per heavy atom. The first-order valence-corrected chi connectivity index (χ1v) is 8.42. The molecule has 140 valence electrons. The van der Waals surface area contributed by atoms with Gasteiger partial charge >= 0.3 is 5.97 Å². The van der Waals surface area contributed by atoms with Crippen LogP contribution in [0.3, 0.4) is 0 Å². The molecule has 0 saturated heterocycles. The summed E-state index contributed by atoms with van der Waals surface area (Å²) in [5.41, 5.74) is 1.66. The van der Waals surface area contributed by atoms with E-state index in [9.17, 15) is 18.8 Å². The van der Waals surface area contributed by atoms with E-state index in [2.05, 4.69) is 5.32 Å². The number of benzene rings is 3. The van der Waals surface area contributed by atoms with Gasteiger partial charge in [0.2, 0.25) is 5.91 Å². The van der Waals surface area contributed by atoms with Crippen molar-refractivity contribution in [3.05, 3.63) is 95.3 Å². The standard InChI is InChI=1S/C22H16FNO4/c1-14(25)24-19-10-4-17(5-11-19)22(27)28-20-12-6-16(7-13-20)21(26)15-2-8-18(23)9-3-15/h2-13H,1H3,(H,24,25). The monoisotopic (exact) mass is 377 g/mol. The van der Waals surface area contributed by atoms with Crippen molar-refractivity contribution in [3.8, 4) is 5.75 Å². The zero-order valence-corrected chi connectivity index (χ0v) is 14.9. The molecule has 0 radical (unpaired) electrons. The predicted octanol–water partition coefficient (Wildman–Crippen LogP) is 4.23. The molecule has 5 nitrogen and oxygen atoms in total. The number of anilines is 1. The Labute approximate surface area is 160 Å². The maximum Gasteiger partial charge on any atom is 0.343 e. The second-order valence-electron chi connectivity index (χ2n) is 6.01. The van der Waals surface area contributed by atoms with Gasteiger partial charge in [-0.25, -0.2) is 9.18 Å². The van der Waals surface area contributed by atoms with E-state index >= 15 is 0 Å². The first-order valence-electron chi connectivity index (χ1n) is 8.42. The van der Waals surface area contributed by atoms with Crippen LogP contribution in [0.1, 0.15) is 33.2 Å². The van der Waals surface area contributed by atoms with Crippen LogP contribution in [0, 0.1) is 5.82 Å². The molecule has 0 atom stereocenters. The molecule has 0 bridgehead atoms. The van der Waals surface area contributed by atoms with Crippen molar-refractivity contribution in [2.75, 3.05) is 5.32 Å². The first kappa shape index (κ1) is 19.0. The van der Waals surface area contributed by atoms with E-state index < -0.39 is 11.8 Å². The highest BCUT2D eigenvalue weighted by molar-refractivity contribution is 6.09. The maximum absolute atomic E-state index is 13.0. The topological polar surface area (TPSA) is 72.5 Å². The summed E-state index contributed by atoms with van der Waals surface area (Å²) in [7, 11) is 0. The third-order valence-electron chi connectivity index (χ3n) is 3.87. The third-order valence-corrected chi connectivity index (χ3v) is 3.87. The number of amides is 1. The second kappa shape index (κ2) is 8.26. The summed E-state index contributed by atoms with van der Waals surface area (Å²) in [6.07, 6.45) is 0. The fourth-order valence-corrected chi connectivity index (χ4v) is 2.50. The zero-order chi connectivity index (χ0) is 20.1. The Hall–Kier alpha value is -3.80. The van der Waals surface area contributed by atoms with E-state index in [0.717, 1.165) is 0 Å². The Morgan fingerprint density at radius 1 is 0.750 bits per heavy atom. The number of hydrogen-bond donors (Lipinski definition) is 1. The van der Waals surface area contributed by atoms with E-state index in [1.807, 2.05) is 0 Å². The van der Waals surface area contributed by atoms with Crippen LogP contribution in [0.25, 0.3) is 0 Å². The summed E-state index contributed by atoms with van der Waals surface area (Å²) >= 11 is 0. The molecule has 0 aliphatic carbocycles. The Bertz CT molecular complexity index is 1010. The number of ketones is 1. The lowest BCUT2D eigenvalue weighted by Crippen LogP contribution is -2.10. The van der Waals surface area contributed by atoms with E-state index in [0.29, 0.717) is 22.4 Å². The van der Waals surface area contributed by atoms with Crippen LogP contribution in [0.15, 0.2) is 72.8 Å². The molecule has 3 aromatic rings. The fraction of sp³-hybridized carbons (Fsp3) is 0.0455. The first-order chi connectivity index (χ1) is 13.4. The molecular formula is C22H16FNO4. The van der Waals surface area contributed by atoms with E-state index in [1.165, 1.54) is 55.5 Å². The van der Waals surface area contributed by atoms with Crippen molar-refractivity contribution in [1.82, 2.24) is 0 Å². The molecule has 0 saturated carbocycles. The molecule has 0 aromatic heterocycles. The van der Waals surface area contributed by atoms with Crippen LogP contribution in [-0.4, -0.2) is 17.7 Å². The molecule has 0 spiro atoms. The summed E-state index contributed by atoms with van der Waals surface area (Å²) in [5.74, 6) is -1.15. The van der Waals surface area contributed by atoms with Gasteiger partial charge in [-0.15, -0.1) is 0 Å². The van der Waals surface area contributed by atoms with Crippen molar-refractivity contribution in [1.29, 1.82) is 0 Å². The van der Waals surface area contributed by atoms with Gasteiger partial charge in [-0.3, -0.25) is 9.59 Å². The van der Waals surface area contributed by atoms with Gasteiger partial charge in [0.25, 0.3) is 0 Å². The second-order valence-corrected chi connectivity index (χ2v) is 6.01. The average molecular weight is 377 g/mol. The number of carbonyl (C=O) groups excluding carboxylic acids is 3. The maximum atomic E-state index is 13.0. The molecular weight excluding hydrogens is 361 g/mol. The van der Waals surface area contributed by atoms with Crippen molar-refractivity contribution in [2.24, 2.45) is 0 Å². The minimum absolute atomic E-state index is 0.203. The van der Waals surface area contributed by atoms with Crippen LogP contribution in [0.4, 0.5) is 10.1 Å². The lowest BCUT2D eigenvalue weighted by atomic mass is 10.0. The minimum Gasteiger partial charge on any atom is -0.423 e. The normalized spacial score (nSPS) is 10.2. The largest absolute Gasteiger partial charge is 0.423 e. The molecule has 1 amide bonds. The molecule has 3 aromatic carbocycles. The van der Waals surface area contributed by atoms with E-state index in [4.69, 9.17) is 4.74 Å². The third kappa shape index (κ3) is 4.67. The Morgan fingerprint density at radius 3 is 1.79 bits per heavy atom. The van der Waals surface area contributed by atoms with Gasteiger partial charge < -0.3 is 10.1 Å². The molecule has 28 heavy (non-hydrogen) atoms. The molecule has 1 N–H and O–H groups in total. The highest BCUT2D eigenvalue weighted by Crippen LogP contribution is 2.18. The molecule has 0 aliphatic heterocycles. The number of ether oxygens (including phenoxy) is 1. The summed E-state index contributed by atoms with van der Waals surface area (Å²) in [6.45, 7) is 1.40. The number of hydrogen-bond acceptors (Lipinski definition) is 4. The van der Waals surface area contributed by atoms with Crippen molar-refractivity contribution in [3.63, 3.8) is 0 Å². The molecule has 0 heterocycles. The van der Waals surface area contributed by atoms with Crippen molar-refractivity contribution >= 4 is 23.3 Å². The number of halogens is 1. The number of carbonyl (C=O) groups is 3. The Balaban J connectivity index is 1.66. The number of nitrogens with one attached hydrogen (secondary N) is 1. The molecule has 6 heteroatoms.